The van der Waals surface area contributed by atoms with Crippen molar-refractivity contribution in [1.29, 1.82) is 0 Å². The van der Waals surface area contributed by atoms with Gasteiger partial charge >= 0.3 is 0 Å². The maximum absolute atomic E-state index is 13.9. The van der Waals surface area contributed by atoms with Crippen molar-refractivity contribution in [2.24, 2.45) is 23.6 Å². The van der Waals surface area contributed by atoms with E-state index in [4.69, 9.17) is 5.84 Å². The average Bonchev–Trinajstić information content (AvgIpc) is 2.92. The molecule has 17 heavy (non-hydrogen) atoms. The van der Waals surface area contributed by atoms with E-state index in [1.54, 1.807) is 6.07 Å². The van der Waals surface area contributed by atoms with E-state index in [0.717, 1.165) is 16.3 Å². The highest BCUT2D eigenvalue weighted by molar-refractivity contribution is 9.10. The van der Waals surface area contributed by atoms with Crippen molar-refractivity contribution < 1.29 is 4.39 Å². The van der Waals surface area contributed by atoms with Gasteiger partial charge in [-0.25, -0.2) is 4.39 Å². The molecule has 0 saturated heterocycles. The van der Waals surface area contributed by atoms with Gasteiger partial charge in [-0.2, -0.15) is 0 Å². The largest absolute Gasteiger partial charge is 0.271 e. The fourth-order valence-electron chi connectivity index (χ4n) is 3.27. The molecule has 0 amide bonds. The highest BCUT2D eigenvalue weighted by atomic mass is 79.9. The van der Waals surface area contributed by atoms with Crippen LogP contribution in [0.1, 0.15) is 30.9 Å². The zero-order valence-corrected chi connectivity index (χ0v) is 11.1. The number of nitrogens with two attached hydrogens (primary N) is 1. The number of nitrogens with one attached hydrogen (secondary N) is 1. The van der Waals surface area contributed by atoms with Crippen LogP contribution in [0.5, 0.6) is 0 Å². The van der Waals surface area contributed by atoms with Gasteiger partial charge in [0.2, 0.25) is 0 Å². The molecular formula is C13H16BrFN2. The number of hydrazine groups is 1. The van der Waals surface area contributed by atoms with Gasteiger partial charge < -0.3 is 0 Å². The van der Waals surface area contributed by atoms with Crippen molar-refractivity contribution >= 4 is 15.9 Å². The summed E-state index contributed by atoms with van der Waals surface area (Å²) in [5.74, 6) is 7.70. The van der Waals surface area contributed by atoms with E-state index >= 15 is 0 Å². The molecule has 3 rings (SSSR count). The van der Waals surface area contributed by atoms with Crippen molar-refractivity contribution in [3.63, 3.8) is 0 Å². The summed E-state index contributed by atoms with van der Waals surface area (Å²) in [6.07, 6.45) is 3.74. The molecule has 2 aliphatic rings. The lowest BCUT2D eigenvalue weighted by Crippen LogP contribution is -2.33. The minimum atomic E-state index is -0.170. The van der Waals surface area contributed by atoms with Crippen molar-refractivity contribution in [3.8, 4) is 0 Å². The van der Waals surface area contributed by atoms with Crippen LogP contribution in [0, 0.1) is 23.6 Å². The summed E-state index contributed by atoms with van der Waals surface area (Å²) >= 11 is 3.39. The van der Waals surface area contributed by atoms with Gasteiger partial charge in [-0.05, 0) is 55.2 Å². The Hall–Kier alpha value is -0.450. The van der Waals surface area contributed by atoms with Crippen LogP contribution in [0.15, 0.2) is 22.7 Å². The van der Waals surface area contributed by atoms with E-state index in [1.165, 1.54) is 25.3 Å². The quantitative estimate of drug-likeness (QED) is 0.665. The van der Waals surface area contributed by atoms with E-state index in [1.807, 2.05) is 6.07 Å². The highest BCUT2D eigenvalue weighted by Gasteiger charge is 2.48. The molecule has 0 aromatic heterocycles. The van der Waals surface area contributed by atoms with Crippen LogP contribution in [0.4, 0.5) is 4.39 Å². The zero-order valence-electron chi connectivity index (χ0n) is 9.50. The monoisotopic (exact) mass is 298 g/mol. The Labute approximate surface area is 109 Å². The molecule has 4 heteroatoms. The zero-order chi connectivity index (χ0) is 12.0. The van der Waals surface area contributed by atoms with E-state index in [-0.39, 0.29) is 11.9 Å². The maximum Gasteiger partial charge on any atom is 0.128 e. The standard InChI is InChI=1S/C13H16BrFN2/c14-10-1-2-12(15)11(6-10)13(17-16)9-4-7-3-8(7)5-9/h1-2,6-9,13,17H,3-5,16H2. The van der Waals surface area contributed by atoms with Gasteiger partial charge in [-0.15, -0.1) is 0 Å². The van der Waals surface area contributed by atoms with Crippen LogP contribution >= 0.6 is 15.9 Å². The van der Waals surface area contributed by atoms with Gasteiger partial charge in [0, 0.05) is 10.0 Å². The minimum absolute atomic E-state index is 0.0553. The molecule has 1 aromatic carbocycles. The normalized spacial score (nSPS) is 32.3. The maximum atomic E-state index is 13.9. The Bertz CT molecular complexity index is 427. The van der Waals surface area contributed by atoms with Crippen LogP contribution in [0.3, 0.4) is 0 Å². The second kappa shape index (κ2) is 4.34. The second-order valence-corrected chi connectivity index (χ2v) is 6.21. The van der Waals surface area contributed by atoms with E-state index in [9.17, 15) is 4.39 Å². The number of rotatable bonds is 3. The third-order valence-electron chi connectivity index (χ3n) is 4.22. The summed E-state index contributed by atoms with van der Waals surface area (Å²) in [6, 6.07) is 5.00. The molecule has 3 atom stereocenters. The molecule has 3 N–H and O–H groups in total. The Kier molecular flexibility index (Phi) is 2.97. The first-order chi connectivity index (χ1) is 8.19. The first kappa shape index (κ1) is 11.6. The summed E-state index contributed by atoms with van der Waals surface area (Å²) in [5, 5.41) is 0. The summed E-state index contributed by atoms with van der Waals surface area (Å²) in [4.78, 5) is 0. The second-order valence-electron chi connectivity index (χ2n) is 5.30. The number of benzene rings is 1. The van der Waals surface area contributed by atoms with Gasteiger partial charge in [-0.3, -0.25) is 11.3 Å². The Balaban J connectivity index is 1.86. The summed E-state index contributed by atoms with van der Waals surface area (Å²) in [7, 11) is 0. The summed E-state index contributed by atoms with van der Waals surface area (Å²) in [6.45, 7) is 0. The van der Waals surface area contributed by atoms with Crippen molar-refractivity contribution in [2.45, 2.75) is 25.3 Å². The van der Waals surface area contributed by atoms with Crippen LogP contribution in [-0.2, 0) is 0 Å². The predicted octanol–water partition coefficient (Wildman–Crippen LogP) is 3.14. The fraction of sp³-hybridized carbons (Fsp3) is 0.538. The molecule has 2 nitrogen and oxygen atoms in total. The van der Waals surface area contributed by atoms with Crippen LogP contribution < -0.4 is 11.3 Å². The molecule has 2 aliphatic carbocycles. The molecule has 0 spiro atoms. The van der Waals surface area contributed by atoms with Crippen LogP contribution in [0.25, 0.3) is 0 Å². The summed E-state index contributed by atoms with van der Waals surface area (Å²) in [5.41, 5.74) is 3.50. The number of fused-ring (bicyclic) bond motifs is 1. The molecule has 2 fully saturated rings. The van der Waals surface area contributed by atoms with Gasteiger partial charge in [0.25, 0.3) is 0 Å². The van der Waals surface area contributed by atoms with Gasteiger partial charge in [-0.1, -0.05) is 15.9 Å². The molecule has 0 aliphatic heterocycles. The number of hydrogen-bond acceptors (Lipinski definition) is 2. The Morgan fingerprint density at radius 1 is 1.29 bits per heavy atom. The topological polar surface area (TPSA) is 38.0 Å². The Morgan fingerprint density at radius 2 is 2.00 bits per heavy atom. The molecular weight excluding hydrogens is 283 g/mol. The summed E-state index contributed by atoms with van der Waals surface area (Å²) < 4.78 is 14.8. The van der Waals surface area contributed by atoms with Crippen LogP contribution in [0.2, 0.25) is 0 Å². The van der Waals surface area contributed by atoms with Crippen molar-refractivity contribution in [2.75, 3.05) is 0 Å². The Morgan fingerprint density at radius 3 is 2.65 bits per heavy atom. The van der Waals surface area contributed by atoms with Crippen molar-refractivity contribution in [3.05, 3.63) is 34.1 Å². The van der Waals surface area contributed by atoms with Gasteiger partial charge in [0.1, 0.15) is 5.82 Å². The third kappa shape index (κ3) is 2.14. The highest BCUT2D eigenvalue weighted by Crippen LogP contribution is 2.57. The smallest absolute Gasteiger partial charge is 0.128 e. The van der Waals surface area contributed by atoms with Gasteiger partial charge in [0.15, 0.2) is 0 Å². The molecule has 1 aromatic rings. The molecule has 0 radical (unpaired) electrons. The number of halogens is 2. The lowest BCUT2D eigenvalue weighted by molar-refractivity contribution is 0.336. The lowest BCUT2D eigenvalue weighted by Gasteiger charge is -2.25. The number of hydrogen-bond donors (Lipinski definition) is 2. The molecule has 0 heterocycles. The molecule has 0 bridgehead atoms. The SMILES string of the molecule is NNC(c1cc(Br)ccc1F)C1CC2CC2C1. The van der Waals surface area contributed by atoms with E-state index in [2.05, 4.69) is 21.4 Å². The van der Waals surface area contributed by atoms with Gasteiger partial charge in [0.05, 0.1) is 6.04 Å². The average molecular weight is 299 g/mol. The lowest BCUT2D eigenvalue weighted by atomic mass is 9.89. The fourth-order valence-corrected chi connectivity index (χ4v) is 3.65. The first-order valence-corrected chi connectivity index (χ1v) is 6.89. The molecule has 2 saturated carbocycles. The van der Waals surface area contributed by atoms with Crippen LogP contribution in [-0.4, -0.2) is 0 Å². The minimum Gasteiger partial charge on any atom is -0.271 e. The third-order valence-corrected chi connectivity index (χ3v) is 4.72. The molecule has 3 unspecified atom stereocenters. The van der Waals surface area contributed by atoms with Crippen molar-refractivity contribution in [1.82, 2.24) is 5.43 Å². The van der Waals surface area contributed by atoms with E-state index in [0.29, 0.717) is 11.5 Å². The van der Waals surface area contributed by atoms with E-state index < -0.39 is 0 Å². The molecule has 92 valence electrons. The first-order valence-electron chi connectivity index (χ1n) is 6.10. The predicted molar refractivity (Wildman–Crippen MR) is 68.5 cm³/mol.